The smallest absolute Gasteiger partial charge is 0.119 e. The zero-order valence-electron chi connectivity index (χ0n) is 12.4. The number of nitriles is 1. The number of hydrogen-bond acceptors (Lipinski definition) is 4. The third-order valence-corrected chi connectivity index (χ3v) is 3.92. The Morgan fingerprint density at radius 3 is 2.70 bits per heavy atom. The van der Waals surface area contributed by atoms with Gasteiger partial charge in [-0.05, 0) is 37.1 Å². The molecule has 4 heteroatoms. The molecule has 1 saturated heterocycles. The average Bonchev–Trinajstić information content (AvgIpc) is 2.48. The fourth-order valence-electron chi connectivity index (χ4n) is 2.44. The molecule has 0 spiro atoms. The Kier molecular flexibility index (Phi) is 5.40. The number of aryl methyl sites for hydroxylation is 2. The summed E-state index contributed by atoms with van der Waals surface area (Å²) in [6.45, 7) is 8.72. The van der Waals surface area contributed by atoms with Crippen LogP contribution in [0.15, 0.2) is 18.2 Å². The quantitative estimate of drug-likeness (QED) is 0.890. The Morgan fingerprint density at radius 2 is 2.05 bits per heavy atom. The minimum Gasteiger partial charge on any atom is -0.492 e. The first-order chi connectivity index (χ1) is 9.70. The number of nitrogens with zero attached hydrogens (tertiary/aromatic N) is 2. The summed E-state index contributed by atoms with van der Waals surface area (Å²) in [5.74, 6) is 0.895. The molecule has 1 aliphatic heterocycles. The highest BCUT2D eigenvalue weighted by Gasteiger charge is 2.20. The van der Waals surface area contributed by atoms with Crippen molar-refractivity contribution in [2.75, 3.05) is 32.8 Å². The molecule has 1 aliphatic rings. The molecule has 0 aromatic heterocycles. The van der Waals surface area contributed by atoms with Gasteiger partial charge in [0, 0.05) is 26.2 Å². The van der Waals surface area contributed by atoms with Crippen molar-refractivity contribution in [1.82, 2.24) is 10.2 Å². The van der Waals surface area contributed by atoms with E-state index in [1.165, 1.54) is 11.1 Å². The molecule has 4 nitrogen and oxygen atoms in total. The Hall–Kier alpha value is -1.57. The summed E-state index contributed by atoms with van der Waals surface area (Å²) in [5.41, 5.74) is 2.51. The highest BCUT2D eigenvalue weighted by atomic mass is 16.5. The van der Waals surface area contributed by atoms with Gasteiger partial charge >= 0.3 is 0 Å². The first kappa shape index (κ1) is 14.8. The molecular weight excluding hydrogens is 250 g/mol. The summed E-state index contributed by atoms with van der Waals surface area (Å²) >= 11 is 0. The van der Waals surface area contributed by atoms with Crippen molar-refractivity contribution in [3.63, 3.8) is 0 Å². The van der Waals surface area contributed by atoms with Gasteiger partial charge in [-0.3, -0.25) is 4.90 Å². The third kappa shape index (κ3) is 3.96. The highest BCUT2D eigenvalue weighted by Crippen LogP contribution is 2.17. The van der Waals surface area contributed by atoms with Crippen LogP contribution in [0.1, 0.15) is 17.5 Å². The molecule has 0 aliphatic carbocycles. The first-order valence-electron chi connectivity index (χ1n) is 7.22. The molecule has 0 bridgehead atoms. The van der Waals surface area contributed by atoms with Crippen LogP contribution < -0.4 is 10.1 Å². The van der Waals surface area contributed by atoms with Crippen molar-refractivity contribution < 1.29 is 4.74 Å². The Morgan fingerprint density at radius 1 is 1.30 bits per heavy atom. The summed E-state index contributed by atoms with van der Waals surface area (Å²) in [7, 11) is 0. The molecule has 1 aromatic carbocycles. The first-order valence-corrected chi connectivity index (χ1v) is 7.22. The topological polar surface area (TPSA) is 48.3 Å². The van der Waals surface area contributed by atoms with Gasteiger partial charge in [0.1, 0.15) is 12.4 Å². The molecule has 1 N–H and O–H groups in total. The maximum atomic E-state index is 9.00. The second-order valence-electron chi connectivity index (χ2n) is 5.36. The Bertz CT molecular complexity index is 475. The Labute approximate surface area is 121 Å². The van der Waals surface area contributed by atoms with E-state index in [1.807, 2.05) is 6.07 Å². The van der Waals surface area contributed by atoms with Crippen LogP contribution in [-0.2, 0) is 0 Å². The summed E-state index contributed by atoms with van der Waals surface area (Å²) in [6, 6.07) is 8.61. The van der Waals surface area contributed by atoms with Crippen LogP contribution in [0.4, 0.5) is 0 Å². The monoisotopic (exact) mass is 273 g/mol. The van der Waals surface area contributed by atoms with E-state index in [2.05, 4.69) is 42.3 Å². The zero-order valence-corrected chi connectivity index (χ0v) is 12.4. The number of piperazine rings is 1. The van der Waals surface area contributed by atoms with E-state index in [0.29, 0.717) is 13.0 Å². The second-order valence-corrected chi connectivity index (χ2v) is 5.36. The predicted molar refractivity (Wildman–Crippen MR) is 79.9 cm³/mol. The van der Waals surface area contributed by atoms with Crippen molar-refractivity contribution in [2.24, 2.45) is 0 Å². The van der Waals surface area contributed by atoms with Crippen molar-refractivity contribution in [3.05, 3.63) is 29.3 Å². The Balaban J connectivity index is 1.94. The van der Waals surface area contributed by atoms with E-state index in [-0.39, 0.29) is 6.04 Å². The van der Waals surface area contributed by atoms with E-state index < -0.39 is 0 Å². The molecule has 2 rings (SSSR count). The van der Waals surface area contributed by atoms with Gasteiger partial charge in [-0.2, -0.15) is 5.26 Å². The SMILES string of the molecule is Cc1ccc(OCC(CC#N)N2CCNCC2)cc1C. The van der Waals surface area contributed by atoms with E-state index in [4.69, 9.17) is 10.00 Å². The molecule has 0 amide bonds. The van der Waals surface area contributed by atoms with E-state index in [1.54, 1.807) is 0 Å². The molecule has 1 fully saturated rings. The van der Waals surface area contributed by atoms with Gasteiger partial charge < -0.3 is 10.1 Å². The van der Waals surface area contributed by atoms with Gasteiger partial charge in [-0.1, -0.05) is 6.07 Å². The molecule has 0 radical (unpaired) electrons. The number of hydrogen-bond donors (Lipinski definition) is 1. The lowest BCUT2D eigenvalue weighted by molar-refractivity contribution is 0.123. The number of nitrogens with one attached hydrogen (secondary N) is 1. The number of ether oxygens (including phenoxy) is 1. The van der Waals surface area contributed by atoms with Crippen LogP contribution >= 0.6 is 0 Å². The maximum Gasteiger partial charge on any atom is 0.119 e. The summed E-state index contributed by atoms with van der Waals surface area (Å²) < 4.78 is 5.90. The summed E-state index contributed by atoms with van der Waals surface area (Å²) in [4.78, 5) is 2.35. The van der Waals surface area contributed by atoms with Crippen molar-refractivity contribution >= 4 is 0 Å². The van der Waals surface area contributed by atoms with Crippen molar-refractivity contribution in [3.8, 4) is 11.8 Å². The summed E-state index contributed by atoms with van der Waals surface area (Å²) in [5, 5.41) is 12.3. The molecule has 1 aromatic rings. The second kappa shape index (κ2) is 7.28. The lowest BCUT2D eigenvalue weighted by Crippen LogP contribution is -2.50. The summed E-state index contributed by atoms with van der Waals surface area (Å²) in [6.07, 6.45) is 0.519. The van der Waals surface area contributed by atoms with Crippen LogP contribution in [0.2, 0.25) is 0 Å². The van der Waals surface area contributed by atoms with Crippen LogP contribution in [0.25, 0.3) is 0 Å². The van der Waals surface area contributed by atoms with Crippen LogP contribution in [-0.4, -0.2) is 43.7 Å². The fourth-order valence-corrected chi connectivity index (χ4v) is 2.44. The maximum absolute atomic E-state index is 9.00. The normalized spacial score (nSPS) is 17.4. The van der Waals surface area contributed by atoms with E-state index >= 15 is 0 Å². The van der Waals surface area contributed by atoms with Crippen LogP contribution in [0.3, 0.4) is 0 Å². The predicted octanol–water partition coefficient (Wildman–Crippen LogP) is 1.87. The van der Waals surface area contributed by atoms with E-state index in [9.17, 15) is 0 Å². The van der Waals surface area contributed by atoms with Gasteiger partial charge in [-0.25, -0.2) is 0 Å². The lowest BCUT2D eigenvalue weighted by atomic mass is 10.1. The minimum atomic E-state index is 0.184. The van der Waals surface area contributed by atoms with Crippen molar-refractivity contribution in [1.29, 1.82) is 5.26 Å². The van der Waals surface area contributed by atoms with Gasteiger partial charge in [0.25, 0.3) is 0 Å². The molecule has 1 heterocycles. The molecule has 1 unspecified atom stereocenters. The largest absolute Gasteiger partial charge is 0.492 e. The van der Waals surface area contributed by atoms with Gasteiger partial charge in [0.2, 0.25) is 0 Å². The molecule has 1 atom stereocenters. The molecular formula is C16H23N3O. The van der Waals surface area contributed by atoms with Gasteiger partial charge in [0.05, 0.1) is 18.5 Å². The number of rotatable bonds is 5. The lowest BCUT2D eigenvalue weighted by Gasteiger charge is -2.33. The third-order valence-electron chi connectivity index (χ3n) is 3.92. The minimum absolute atomic E-state index is 0.184. The fraction of sp³-hybridized carbons (Fsp3) is 0.562. The zero-order chi connectivity index (χ0) is 14.4. The highest BCUT2D eigenvalue weighted by molar-refractivity contribution is 5.33. The van der Waals surface area contributed by atoms with Crippen molar-refractivity contribution in [2.45, 2.75) is 26.3 Å². The standard InChI is InChI=1S/C16H23N3O/c1-13-3-4-16(11-14(13)2)20-12-15(5-6-17)19-9-7-18-8-10-19/h3-4,11,15,18H,5,7-10,12H2,1-2H3. The molecule has 108 valence electrons. The average molecular weight is 273 g/mol. The van der Waals surface area contributed by atoms with Crippen LogP contribution in [0.5, 0.6) is 5.75 Å². The number of benzene rings is 1. The molecule has 0 saturated carbocycles. The molecule has 20 heavy (non-hydrogen) atoms. The van der Waals surface area contributed by atoms with Gasteiger partial charge in [0.15, 0.2) is 0 Å². The van der Waals surface area contributed by atoms with E-state index in [0.717, 1.165) is 31.9 Å². The van der Waals surface area contributed by atoms with Gasteiger partial charge in [-0.15, -0.1) is 0 Å². The van der Waals surface area contributed by atoms with Crippen LogP contribution in [0, 0.1) is 25.2 Å².